The van der Waals surface area contributed by atoms with E-state index in [1.165, 1.54) is 36.8 Å². The number of amides is 1. The molecule has 0 radical (unpaired) electrons. The van der Waals surface area contributed by atoms with Crippen molar-refractivity contribution in [1.29, 1.82) is 0 Å². The number of carbonyl (C=O) groups is 1. The summed E-state index contributed by atoms with van der Waals surface area (Å²) < 4.78 is 0. The highest BCUT2D eigenvalue weighted by molar-refractivity contribution is 5.79. The minimum Gasteiger partial charge on any atom is -0.349 e. The monoisotopic (exact) mass is 272 g/mol. The standard InChI is InChI=1S/C17H24N2O/c18-12-17(8-1-2-9-17)19-16(20)11-13-6-7-14-4-3-5-15(14)10-13/h6-7,10H,1-5,8-9,11-12,18H2,(H,19,20). The van der Waals surface area contributed by atoms with Crippen LogP contribution in [-0.4, -0.2) is 18.0 Å². The number of hydrogen-bond acceptors (Lipinski definition) is 2. The lowest BCUT2D eigenvalue weighted by molar-refractivity contribution is -0.122. The number of benzene rings is 1. The molecule has 0 aromatic heterocycles. The fourth-order valence-corrected chi connectivity index (χ4v) is 3.69. The molecule has 0 unspecified atom stereocenters. The summed E-state index contributed by atoms with van der Waals surface area (Å²) in [5.41, 5.74) is 9.77. The van der Waals surface area contributed by atoms with Crippen molar-refractivity contribution in [2.45, 2.75) is 56.9 Å². The predicted molar refractivity (Wildman–Crippen MR) is 80.6 cm³/mol. The van der Waals surface area contributed by atoms with Crippen molar-refractivity contribution < 1.29 is 4.79 Å². The number of aryl methyl sites for hydroxylation is 2. The smallest absolute Gasteiger partial charge is 0.224 e. The van der Waals surface area contributed by atoms with Crippen LogP contribution < -0.4 is 11.1 Å². The first kappa shape index (κ1) is 13.6. The molecule has 3 N–H and O–H groups in total. The van der Waals surface area contributed by atoms with Crippen LogP contribution in [0.4, 0.5) is 0 Å². The predicted octanol–water partition coefficient (Wildman–Crippen LogP) is 2.11. The minimum atomic E-state index is -0.131. The normalized spacial score (nSPS) is 19.9. The van der Waals surface area contributed by atoms with Crippen LogP contribution in [0.3, 0.4) is 0 Å². The summed E-state index contributed by atoms with van der Waals surface area (Å²) in [6.07, 6.45) is 8.50. The van der Waals surface area contributed by atoms with Gasteiger partial charge in [-0.25, -0.2) is 0 Å². The second-order valence-electron chi connectivity index (χ2n) is 6.37. The lowest BCUT2D eigenvalue weighted by atomic mass is 9.97. The van der Waals surface area contributed by atoms with Crippen molar-refractivity contribution in [2.75, 3.05) is 6.54 Å². The number of nitrogens with one attached hydrogen (secondary N) is 1. The molecule has 2 aliphatic carbocycles. The van der Waals surface area contributed by atoms with E-state index in [0.717, 1.165) is 24.8 Å². The number of hydrogen-bond donors (Lipinski definition) is 2. The van der Waals surface area contributed by atoms with Crippen molar-refractivity contribution >= 4 is 5.91 Å². The van der Waals surface area contributed by atoms with Gasteiger partial charge in [-0.3, -0.25) is 4.79 Å². The van der Waals surface area contributed by atoms with Gasteiger partial charge >= 0.3 is 0 Å². The van der Waals surface area contributed by atoms with E-state index in [2.05, 4.69) is 23.5 Å². The van der Waals surface area contributed by atoms with Crippen LogP contribution in [-0.2, 0) is 24.1 Å². The highest BCUT2D eigenvalue weighted by atomic mass is 16.1. The van der Waals surface area contributed by atoms with Gasteiger partial charge in [0, 0.05) is 6.54 Å². The Balaban J connectivity index is 1.64. The molecular weight excluding hydrogens is 248 g/mol. The van der Waals surface area contributed by atoms with Gasteiger partial charge < -0.3 is 11.1 Å². The molecule has 1 saturated carbocycles. The molecule has 3 heteroatoms. The minimum absolute atomic E-state index is 0.121. The zero-order valence-corrected chi connectivity index (χ0v) is 12.1. The number of rotatable bonds is 4. The molecule has 1 fully saturated rings. The number of nitrogens with two attached hydrogens (primary N) is 1. The van der Waals surface area contributed by atoms with Crippen LogP contribution >= 0.6 is 0 Å². The van der Waals surface area contributed by atoms with E-state index in [0.29, 0.717) is 13.0 Å². The molecule has 0 spiro atoms. The first-order valence-electron chi connectivity index (χ1n) is 7.83. The Kier molecular flexibility index (Phi) is 3.79. The molecule has 1 amide bonds. The average Bonchev–Trinajstić information content (AvgIpc) is 3.07. The first-order valence-corrected chi connectivity index (χ1v) is 7.83. The summed E-state index contributed by atoms with van der Waals surface area (Å²) in [7, 11) is 0. The van der Waals surface area contributed by atoms with Gasteiger partial charge in [0.2, 0.25) is 5.91 Å². The molecule has 3 nitrogen and oxygen atoms in total. The van der Waals surface area contributed by atoms with E-state index in [1.807, 2.05) is 0 Å². The van der Waals surface area contributed by atoms with Gasteiger partial charge in [-0.1, -0.05) is 31.0 Å². The summed E-state index contributed by atoms with van der Waals surface area (Å²) in [6, 6.07) is 6.51. The maximum Gasteiger partial charge on any atom is 0.224 e. The van der Waals surface area contributed by atoms with Gasteiger partial charge in [-0.05, 0) is 48.8 Å². The van der Waals surface area contributed by atoms with E-state index in [4.69, 9.17) is 5.73 Å². The van der Waals surface area contributed by atoms with Crippen LogP contribution in [0.1, 0.15) is 48.8 Å². The quantitative estimate of drug-likeness (QED) is 0.882. The molecule has 2 aliphatic rings. The molecule has 0 aliphatic heterocycles. The largest absolute Gasteiger partial charge is 0.349 e. The Morgan fingerprint density at radius 1 is 1.15 bits per heavy atom. The van der Waals surface area contributed by atoms with Gasteiger partial charge in [-0.2, -0.15) is 0 Å². The Labute approximate surface area is 120 Å². The van der Waals surface area contributed by atoms with E-state index < -0.39 is 0 Å². The highest BCUT2D eigenvalue weighted by Gasteiger charge is 2.33. The number of carbonyl (C=O) groups excluding carboxylic acids is 1. The van der Waals surface area contributed by atoms with Crippen molar-refractivity contribution in [1.82, 2.24) is 5.32 Å². The molecule has 108 valence electrons. The fourth-order valence-electron chi connectivity index (χ4n) is 3.69. The molecule has 0 heterocycles. The van der Waals surface area contributed by atoms with Crippen molar-refractivity contribution in [2.24, 2.45) is 5.73 Å². The SMILES string of the molecule is NCC1(NC(=O)Cc2ccc3c(c2)CCC3)CCCC1. The summed E-state index contributed by atoms with van der Waals surface area (Å²) >= 11 is 0. The fraction of sp³-hybridized carbons (Fsp3) is 0.588. The zero-order valence-electron chi connectivity index (χ0n) is 12.1. The third kappa shape index (κ3) is 2.73. The Morgan fingerprint density at radius 2 is 1.90 bits per heavy atom. The Hall–Kier alpha value is -1.35. The third-order valence-electron chi connectivity index (χ3n) is 4.88. The summed E-state index contributed by atoms with van der Waals surface area (Å²) in [5.74, 6) is 0.121. The zero-order chi connectivity index (χ0) is 14.0. The van der Waals surface area contributed by atoms with Gasteiger partial charge in [0.05, 0.1) is 12.0 Å². The molecule has 0 atom stereocenters. The second-order valence-corrected chi connectivity index (χ2v) is 6.37. The van der Waals surface area contributed by atoms with Crippen LogP contribution in [0.25, 0.3) is 0 Å². The van der Waals surface area contributed by atoms with Gasteiger partial charge in [0.1, 0.15) is 0 Å². The van der Waals surface area contributed by atoms with Crippen LogP contribution in [0.5, 0.6) is 0 Å². The van der Waals surface area contributed by atoms with E-state index in [9.17, 15) is 4.79 Å². The molecule has 20 heavy (non-hydrogen) atoms. The Bertz CT molecular complexity index is 504. The van der Waals surface area contributed by atoms with Crippen LogP contribution in [0.15, 0.2) is 18.2 Å². The van der Waals surface area contributed by atoms with Gasteiger partial charge in [0.25, 0.3) is 0 Å². The lowest BCUT2D eigenvalue weighted by Gasteiger charge is -2.28. The van der Waals surface area contributed by atoms with Crippen LogP contribution in [0, 0.1) is 0 Å². The molecule has 0 saturated heterocycles. The van der Waals surface area contributed by atoms with E-state index in [1.54, 1.807) is 0 Å². The van der Waals surface area contributed by atoms with Crippen molar-refractivity contribution in [3.05, 3.63) is 34.9 Å². The van der Waals surface area contributed by atoms with Crippen LogP contribution in [0.2, 0.25) is 0 Å². The topological polar surface area (TPSA) is 55.1 Å². The molecular formula is C17H24N2O. The van der Waals surface area contributed by atoms with Gasteiger partial charge in [0.15, 0.2) is 0 Å². The lowest BCUT2D eigenvalue weighted by Crippen LogP contribution is -2.52. The molecule has 0 bridgehead atoms. The maximum absolute atomic E-state index is 12.3. The van der Waals surface area contributed by atoms with Gasteiger partial charge in [-0.15, -0.1) is 0 Å². The van der Waals surface area contributed by atoms with Crippen molar-refractivity contribution in [3.8, 4) is 0 Å². The first-order chi connectivity index (χ1) is 9.71. The second kappa shape index (κ2) is 5.57. The third-order valence-corrected chi connectivity index (χ3v) is 4.88. The summed E-state index contributed by atoms with van der Waals surface area (Å²) in [4.78, 5) is 12.3. The molecule has 3 rings (SSSR count). The highest BCUT2D eigenvalue weighted by Crippen LogP contribution is 2.29. The van der Waals surface area contributed by atoms with E-state index >= 15 is 0 Å². The van der Waals surface area contributed by atoms with E-state index in [-0.39, 0.29) is 11.4 Å². The summed E-state index contributed by atoms with van der Waals surface area (Å²) in [5, 5.41) is 3.19. The average molecular weight is 272 g/mol. The molecule has 1 aromatic carbocycles. The molecule has 1 aromatic rings. The number of fused-ring (bicyclic) bond motifs is 1. The Morgan fingerprint density at radius 3 is 2.65 bits per heavy atom. The maximum atomic E-state index is 12.3. The van der Waals surface area contributed by atoms with Crippen molar-refractivity contribution in [3.63, 3.8) is 0 Å². The summed E-state index contributed by atoms with van der Waals surface area (Å²) in [6.45, 7) is 0.558.